The molecule has 1 N–H and O–H groups in total. The molecule has 0 spiro atoms. The quantitative estimate of drug-likeness (QED) is 0.841. The van der Waals surface area contributed by atoms with Crippen LogP contribution in [0.4, 0.5) is 0 Å². The molecule has 0 bridgehead atoms. The molecule has 0 aliphatic heterocycles. The van der Waals surface area contributed by atoms with E-state index in [1.54, 1.807) is 12.3 Å². The van der Waals surface area contributed by atoms with Crippen LogP contribution in [-0.4, -0.2) is 18.3 Å². The van der Waals surface area contributed by atoms with Gasteiger partial charge in [-0.05, 0) is 37.7 Å². The maximum Gasteiger partial charge on any atom is 0.287 e. The van der Waals surface area contributed by atoms with E-state index in [0.29, 0.717) is 30.0 Å². The Balaban J connectivity index is 1.86. The molecule has 1 aliphatic carbocycles. The second kappa shape index (κ2) is 5.58. The van der Waals surface area contributed by atoms with E-state index >= 15 is 0 Å². The lowest BCUT2D eigenvalue weighted by Gasteiger charge is -2.17. The van der Waals surface area contributed by atoms with Crippen molar-refractivity contribution in [3.63, 3.8) is 0 Å². The molecule has 1 aromatic rings. The van der Waals surface area contributed by atoms with Gasteiger partial charge in [0.15, 0.2) is 5.76 Å². The van der Waals surface area contributed by atoms with E-state index in [-0.39, 0.29) is 5.91 Å². The Labute approximate surface area is 107 Å². The van der Waals surface area contributed by atoms with Gasteiger partial charge in [0.2, 0.25) is 0 Å². The van der Waals surface area contributed by atoms with Gasteiger partial charge in [-0.25, -0.2) is 0 Å². The van der Waals surface area contributed by atoms with Gasteiger partial charge in [-0.1, -0.05) is 6.42 Å². The van der Waals surface area contributed by atoms with Crippen LogP contribution >= 0.6 is 11.6 Å². The summed E-state index contributed by atoms with van der Waals surface area (Å²) in [5.74, 6) is 2.07. The van der Waals surface area contributed by atoms with Crippen molar-refractivity contribution in [3.8, 4) is 0 Å². The highest BCUT2D eigenvalue weighted by Crippen LogP contribution is 2.31. The zero-order chi connectivity index (χ0) is 12.3. The molecule has 17 heavy (non-hydrogen) atoms. The molecule has 2 unspecified atom stereocenters. The second-order valence-electron chi connectivity index (χ2n) is 4.75. The number of alkyl halides is 1. The molecule has 0 radical (unpaired) electrons. The van der Waals surface area contributed by atoms with E-state index in [1.165, 1.54) is 12.8 Å². The van der Waals surface area contributed by atoms with Crippen molar-refractivity contribution < 1.29 is 9.21 Å². The number of hydrogen-bond acceptors (Lipinski definition) is 2. The zero-order valence-corrected chi connectivity index (χ0v) is 10.8. The summed E-state index contributed by atoms with van der Waals surface area (Å²) in [6, 6.07) is 1.80. The van der Waals surface area contributed by atoms with Gasteiger partial charge in [0.05, 0.1) is 6.26 Å². The van der Waals surface area contributed by atoms with Gasteiger partial charge in [0.25, 0.3) is 5.91 Å². The Morgan fingerprint density at radius 2 is 2.29 bits per heavy atom. The van der Waals surface area contributed by atoms with Crippen LogP contribution in [0.5, 0.6) is 0 Å². The summed E-state index contributed by atoms with van der Waals surface area (Å²) in [5, 5.41) is 2.94. The Bertz CT molecular complexity index is 389. The standard InChI is InChI=1S/C13H18ClNO2/c1-9-5-6-17-12(9)13(16)15-8-11-4-2-3-10(11)7-14/h5-6,10-11H,2-4,7-8H2,1H3,(H,15,16). The van der Waals surface area contributed by atoms with Gasteiger partial charge >= 0.3 is 0 Å². The molecular formula is C13H18ClNO2. The largest absolute Gasteiger partial charge is 0.459 e. The molecule has 0 aromatic carbocycles. The van der Waals surface area contributed by atoms with Crippen LogP contribution in [0, 0.1) is 18.8 Å². The van der Waals surface area contributed by atoms with Crippen LogP contribution in [-0.2, 0) is 0 Å². The topological polar surface area (TPSA) is 42.2 Å². The lowest BCUT2D eigenvalue weighted by molar-refractivity contribution is 0.0916. The third-order valence-corrected chi connectivity index (χ3v) is 4.00. The lowest BCUT2D eigenvalue weighted by atomic mass is 9.98. The summed E-state index contributed by atoms with van der Waals surface area (Å²) in [5.41, 5.74) is 0.878. The minimum atomic E-state index is -0.118. The smallest absolute Gasteiger partial charge is 0.287 e. The van der Waals surface area contributed by atoms with Gasteiger partial charge in [-0.3, -0.25) is 4.79 Å². The van der Waals surface area contributed by atoms with Crippen molar-refractivity contribution in [1.29, 1.82) is 0 Å². The zero-order valence-electron chi connectivity index (χ0n) is 10.0. The van der Waals surface area contributed by atoms with E-state index in [9.17, 15) is 4.79 Å². The molecule has 1 fully saturated rings. The first kappa shape index (κ1) is 12.5. The number of furan rings is 1. The third kappa shape index (κ3) is 2.83. The molecule has 1 heterocycles. The van der Waals surface area contributed by atoms with Crippen LogP contribution in [0.2, 0.25) is 0 Å². The Kier molecular flexibility index (Phi) is 4.11. The van der Waals surface area contributed by atoms with Crippen molar-refractivity contribution >= 4 is 17.5 Å². The third-order valence-electron chi connectivity index (χ3n) is 3.61. The maximum atomic E-state index is 11.8. The van der Waals surface area contributed by atoms with Gasteiger partial charge in [-0.2, -0.15) is 0 Å². The van der Waals surface area contributed by atoms with Crippen LogP contribution in [0.3, 0.4) is 0 Å². The summed E-state index contributed by atoms with van der Waals surface area (Å²) in [4.78, 5) is 11.8. The van der Waals surface area contributed by atoms with Crippen LogP contribution in [0.15, 0.2) is 16.7 Å². The number of hydrogen-bond donors (Lipinski definition) is 1. The highest BCUT2D eigenvalue weighted by atomic mass is 35.5. The summed E-state index contributed by atoms with van der Waals surface area (Å²) >= 11 is 5.91. The SMILES string of the molecule is Cc1ccoc1C(=O)NCC1CCCC1CCl. The molecule has 1 saturated carbocycles. The molecule has 1 amide bonds. The van der Waals surface area contributed by atoms with Gasteiger partial charge in [-0.15, -0.1) is 11.6 Å². The van der Waals surface area contributed by atoms with Gasteiger partial charge in [0, 0.05) is 18.0 Å². The Morgan fingerprint density at radius 3 is 2.94 bits per heavy atom. The van der Waals surface area contributed by atoms with Gasteiger partial charge < -0.3 is 9.73 Å². The molecule has 1 aromatic heterocycles. The monoisotopic (exact) mass is 255 g/mol. The van der Waals surface area contributed by atoms with E-state index in [0.717, 1.165) is 12.0 Å². The number of rotatable bonds is 4. The summed E-state index contributed by atoms with van der Waals surface area (Å²) in [6.07, 6.45) is 5.11. The molecular weight excluding hydrogens is 238 g/mol. The van der Waals surface area contributed by atoms with E-state index in [2.05, 4.69) is 5.32 Å². The van der Waals surface area contributed by atoms with Crippen molar-refractivity contribution in [2.24, 2.45) is 11.8 Å². The molecule has 4 heteroatoms. The molecule has 2 rings (SSSR count). The number of amides is 1. The first-order chi connectivity index (χ1) is 8.22. The van der Waals surface area contributed by atoms with Crippen LogP contribution < -0.4 is 5.32 Å². The minimum Gasteiger partial charge on any atom is -0.459 e. The van der Waals surface area contributed by atoms with Crippen molar-refractivity contribution in [3.05, 3.63) is 23.7 Å². The van der Waals surface area contributed by atoms with E-state index in [4.69, 9.17) is 16.0 Å². The fourth-order valence-corrected chi connectivity index (χ4v) is 2.90. The fourth-order valence-electron chi connectivity index (χ4n) is 2.49. The second-order valence-corrected chi connectivity index (χ2v) is 5.06. The first-order valence-electron chi connectivity index (χ1n) is 6.10. The summed E-state index contributed by atoms with van der Waals surface area (Å²) in [6.45, 7) is 2.58. The van der Waals surface area contributed by atoms with Crippen molar-refractivity contribution in [2.75, 3.05) is 12.4 Å². The average Bonchev–Trinajstić information content (AvgIpc) is 2.94. The van der Waals surface area contributed by atoms with E-state index in [1.807, 2.05) is 6.92 Å². The summed E-state index contributed by atoms with van der Waals surface area (Å²) in [7, 11) is 0. The number of nitrogens with one attached hydrogen (secondary N) is 1. The minimum absolute atomic E-state index is 0.118. The molecule has 3 nitrogen and oxygen atoms in total. The summed E-state index contributed by atoms with van der Waals surface area (Å²) < 4.78 is 5.16. The number of halogens is 1. The molecule has 0 saturated heterocycles. The highest BCUT2D eigenvalue weighted by molar-refractivity contribution is 6.18. The van der Waals surface area contributed by atoms with Gasteiger partial charge in [0.1, 0.15) is 0 Å². The maximum absolute atomic E-state index is 11.8. The van der Waals surface area contributed by atoms with Crippen molar-refractivity contribution in [1.82, 2.24) is 5.32 Å². The van der Waals surface area contributed by atoms with Crippen LogP contribution in [0.1, 0.15) is 35.4 Å². The average molecular weight is 256 g/mol. The predicted octanol–water partition coefficient (Wildman–Crippen LogP) is 2.97. The molecule has 2 atom stereocenters. The highest BCUT2D eigenvalue weighted by Gasteiger charge is 2.27. The number of carbonyl (C=O) groups excluding carboxylic acids is 1. The predicted molar refractivity (Wildman–Crippen MR) is 67.3 cm³/mol. The first-order valence-corrected chi connectivity index (χ1v) is 6.64. The van der Waals surface area contributed by atoms with Crippen LogP contribution in [0.25, 0.3) is 0 Å². The van der Waals surface area contributed by atoms with Crippen molar-refractivity contribution in [2.45, 2.75) is 26.2 Å². The molecule has 1 aliphatic rings. The van der Waals surface area contributed by atoms with E-state index < -0.39 is 0 Å². The Morgan fingerprint density at radius 1 is 1.53 bits per heavy atom. The number of aryl methyl sites for hydroxylation is 1. The fraction of sp³-hybridized carbons (Fsp3) is 0.615. The number of carbonyl (C=O) groups is 1. The Hall–Kier alpha value is -0.960. The molecule has 94 valence electrons. The lowest BCUT2D eigenvalue weighted by Crippen LogP contribution is -2.31. The normalized spacial score (nSPS) is 23.9.